The third-order valence-corrected chi connectivity index (χ3v) is 8.91. The second-order valence-electron chi connectivity index (χ2n) is 12.3. The molecule has 0 saturated heterocycles. The van der Waals surface area contributed by atoms with E-state index in [-0.39, 0.29) is 0 Å². The Bertz CT molecular complexity index is 1700. The Hall–Kier alpha value is -3.70. The van der Waals surface area contributed by atoms with E-state index >= 15 is 0 Å². The molecule has 0 amide bonds. The summed E-state index contributed by atoms with van der Waals surface area (Å²) in [5.74, 6) is 2.02. The lowest BCUT2D eigenvalue weighted by Crippen LogP contribution is -2.07. The minimum absolute atomic E-state index is 0.716. The first-order chi connectivity index (χ1) is 20.9. The van der Waals surface area contributed by atoms with Gasteiger partial charge in [0.15, 0.2) is 5.82 Å². The van der Waals surface area contributed by atoms with Crippen LogP contribution in [0.15, 0.2) is 54.6 Å². The van der Waals surface area contributed by atoms with Crippen molar-refractivity contribution in [3.05, 3.63) is 99.4 Å². The fraction of sp³-hybridized carbons (Fsp3) is 0.421. The maximum Gasteiger partial charge on any atom is 0.155 e. The van der Waals surface area contributed by atoms with Gasteiger partial charge in [0.2, 0.25) is 0 Å². The average Bonchev–Trinajstić information content (AvgIpc) is 3.36. The lowest BCUT2D eigenvalue weighted by atomic mass is 10.0. The van der Waals surface area contributed by atoms with Gasteiger partial charge in [-0.1, -0.05) is 68.3 Å². The smallest absolute Gasteiger partial charge is 0.155 e. The third kappa shape index (κ3) is 7.27. The Kier molecular flexibility index (Phi) is 10.1. The first-order valence-corrected chi connectivity index (χ1v) is 16.2. The predicted octanol–water partition coefficient (Wildman–Crippen LogP) is 8.75. The Labute approximate surface area is 258 Å². The summed E-state index contributed by atoms with van der Waals surface area (Å²) >= 11 is 0. The Morgan fingerprint density at radius 2 is 1.42 bits per heavy atom. The van der Waals surface area contributed by atoms with Crippen LogP contribution in [0.4, 0.5) is 5.82 Å². The zero-order valence-corrected chi connectivity index (χ0v) is 27.1. The second-order valence-corrected chi connectivity index (χ2v) is 12.3. The largest absolute Gasteiger partial charge is 0.364 e. The molecule has 5 rings (SSSR count). The summed E-state index contributed by atoms with van der Waals surface area (Å²) in [5, 5.41) is 8.16. The lowest BCUT2D eigenvalue weighted by molar-refractivity contribution is 0.642. The first-order valence-electron chi connectivity index (χ1n) is 16.2. The van der Waals surface area contributed by atoms with Gasteiger partial charge in [-0.3, -0.25) is 0 Å². The van der Waals surface area contributed by atoms with Gasteiger partial charge in [-0.15, -0.1) is 0 Å². The average molecular weight is 576 g/mol. The van der Waals surface area contributed by atoms with Crippen LogP contribution in [0.5, 0.6) is 0 Å². The van der Waals surface area contributed by atoms with Crippen LogP contribution in [-0.2, 0) is 25.9 Å². The number of nitrogens with zero attached hydrogens (tertiary/aromatic N) is 3. The van der Waals surface area contributed by atoms with E-state index in [4.69, 9.17) is 9.97 Å². The minimum Gasteiger partial charge on any atom is -0.364 e. The molecule has 43 heavy (non-hydrogen) atoms. The van der Waals surface area contributed by atoms with Gasteiger partial charge in [0.1, 0.15) is 11.3 Å². The van der Waals surface area contributed by atoms with Crippen molar-refractivity contribution in [2.24, 2.45) is 0 Å². The summed E-state index contributed by atoms with van der Waals surface area (Å²) in [6, 6.07) is 20.5. The molecule has 0 unspecified atom stereocenters. The molecule has 0 radical (unpaired) electrons. The number of hydrogen-bond acceptors (Lipinski definition) is 4. The van der Waals surface area contributed by atoms with Crippen LogP contribution in [0, 0.1) is 27.7 Å². The van der Waals surface area contributed by atoms with E-state index in [1.54, 1.807) is 0 Å². The van der Waals surface area contributed by atoms with Crippen molar-refractivity contribution in [2.45, 2.75) is 92.7 Å². The maximum atomic E-state index is 5.31. The summed E-state index contributed by atoms with van der Waals surface area (Å²) in [5.41, 5.74) is 12.4. The van der Waals surface area contributed by atoms with Crippen LogP contribution in [-0.4, -0.2) is 28.1 Å². The number of unbranched alkanes of at least 4 members (excludes halogenated alkanes) is 3. The highest BCUT2D eigenvalue weighted by Crippen LogP contribution is 2.33. The van der Waals surface area contributed by atoms with Gasteiger partial charge in [-0.25, -0.2) is 9.97 Å². The van der Waals surface area contributed by atoms with E-state index < -0.39 is 0 Å². The van der Waals surface area contributed by atoms with E-state index in [1.807, 2.05) is 7.05 Å². The molecule has 0 saturated carbocycles. The van der Waals surface area contributed by atoms with Crippen molar-refractivity contribution < 1.29 is 0 Å². The zero-order chi connectivity index (χ0) is 30.3. The highest BCUT2D eigenvalue weighted by atomic mass is 15.1. The van der Waals surface area contributed by atoms with Crippen molar-refractivity contribution in [3.63, 3.8) is 0 Å². The first kappa shape index (κ1) is 30.7. The van der Waals surface area contributed by atoms with Gasteiger partial charge >= 0.3 is 0 Å². The van der Waals surface area contributed by atoms with Gasteiger partial charge in [-0.2, -0.15) is 0 Å². The highest BCUT2D eigenvalue weighted by Gasteiger charge is 2.19. The predicted molar refractivity (Wildman–Crippen MR) is 183 cm³/mol. The summed E-state index contributed by atoms with van der Waals surface area (Å²) < 4.78 is 2.47. The molecular weight excluding hydrogens is 526 g/mol. The molecule has 2 heterocycles. The van der Waals surface area contributed by atoms with Crippen LogP contribution in [0.3, 0.4) is 0 Å². The molecule has 2 aromatic heterocycles. The fourth-order valence-electron chi connectivity index (χ4n) is 5.95. The van der Waals surface area contributed by atoms with Crippen molar-refractivity contribution >= 4 is 27.8 Å². The molecular formula is C38H49N5. The standard InChI is InChI=1S/C38H49N5/c1-7-8-13-35-42-36-37(43(35)25-32-17-15-27(3)29(5)22-32)33-19-18-30(12-10-9-11-20-39-6)23-34(33)41-38(36)40-24-31-16-14-26(2)28(4)21-31/h14-19,21-23,39H,7-13,20,24-25H2,1-6H3,(H,40,41). The molecule has 0 atom stereocenters. The SMILES string of the molecule is CCCCc1nc2c(NCc3ccc(C)c(C)c3)nc3cc(CCCCCNC)ccc3c2n1Cc1ccc(C)c(C)c1. The topological polar surface area (TPSA) is 54.8 Å². The maximum absolute atomic E-state index is 5.31. The highest BCUT2D eigenvalue weighted by molar-refractivity contribution is 6.07. The van der Waals surface area contributed by atoms with E-state index in [1.165, 1.54) is 69.1 Å². The number of aryl methyl sites for hydroxylation is 6. The van der Waals surface area contributed by atoms with Gasteiger partial charge < -0.3 is 15.2 Å². The summed E-state index contributed by atoms with van der Waals surface area (Å²) in [6.07, 6.45) is 7.93. The van der Waals surface area contributed by atoms with Crippen molar-refractivity contribution in [1.82, 2.24) is 19.9 Å². The Balaban J connectivity index is 1.60. The number of fused-ring (bicyclic) bond motifs is 3. The lowest BCUT2D eigenvalue weighted by Gasteiger charge is -2.14. The van der Waals surface area contributed by atoms with Gasteiger partial charge in [0.05, 0.1) is 11.0 Å². The zero-order valence-electron chi connectivity index (χ0n) is 27.1. The normalized spacial score (nSPS) is 11.6. The monoisotopic (exact) mass is 575 g/mol. The van der Waals surface area contributed by atoms with Gasteiger partial charge in [0, 0.05) is 24.9 Å². The third-order valence-electron chi connectivity index (χ3n) is 8.91. The fourth-order valence-corrected chi connectivity index (χ4v) is 5.95. The number of pyridine rings is 1. The Morgan fingerprint density at radius 3 is 2.14 bits per heavy atom. The molecule has 2 N–H and O–H groups in total. The number of benzene rings is 3. The summed E-state index contributed by atoms with van der Waals surface area (Å²) in [7, 11) is 2.03. The molecule has 0 bridgehead atoms. The second kappa shape index (κ2) is 14.2. The number of anilines is 1. The molecule has 226 valence electrons. The minimum atomic E-state index is 0.716. The molecule has 5 aromatic rings. The van der Waals surface area contributed by atoms with Gasteiger partial charge in [0.25, 0.3) is 0 Å². The Morgan fingerprint density at radius 1 is 0.698 bits per heavy atom. The number of nitrogens with one attached hydrogen (secondary N) is 2. The number of imidazole rings is 1. The van der Waals surface area contributed by atoms with Crippen LogP contribution in [0.1, 0.15) is 83.8 Å². The molecule has 0 fully saturated rings. The van der Waals surface area contributed by atoms with Crippen LogP contribution in [0.2, 0.25) is 0 Å². The van der Waals surface area contributed by atoms with E-state index in [2.05, 4.69) is 104 Å². The molecule has 5 nitrogen and oxygen atoms in total. The van der Waals surface area contributed by atoms with E-state index in [9.17, 15) is 0 Å². The van der Waals surface area contributed by atoms with Crippen LogP contribution in [0.25, 0.3) is 21.9 Å². The molecule has 3 aromatic carbocycles. The van der Waals surface area contributed by atoms with Gasteiger partial charge in [-0.05, 0) is 112 Å². The van der Waals surface area contributed by atoms with Crippen molar-refractivity contribution in [1.29, 1.82) is 0 Å². The number of rotatable bonds is 14. The summed E-state index contributed by atoms with van der Waals surface area (Å²) in [4.78, 5) is 10.6. The van der Waals surface area contributed by atoms with E-state index in [0.717, 1.165) is 61.4 Å². The molecule has 0 spiro atoms. The van der Waals surface area contributed by atoms with Crippen LogP contribution >= 0.6 is 0 Å². The van der Waals surface area contributed by atoms with Crippen molar-refractivity contribution in [2.75, 3.05) is 18.9 Å². The molecule has 0 aliphatic rings. The number of aromatic nitrogens is 3. The number of hydrogen-bond donors (Lipinski definition) is 2. The van der Waals surface area contributed by atoms with Crippen molar-refractivity contribution in [3.8, 4) is 0 Å². The summed E-state index contributed by atoms with van der Waals surface area (Å²) in [6.45, 7) is 13.6. The molecule has 5 heteroatoms. The molecule has 0 aliphatic heterocycles. The van der Waals surface area contributed by atoms with Crippen LogP contribution < -0.4 is 10.6 Å². The van der Waals surface area contributed by atoms with E-state index in [0.29, 0.717) is 6.54 Å². The quantitative estimate of drug-likeness (QED) is 0.130. The molecule has 0 aliphatic carbocycles.